The second kappa shape index (κ2) is 4.32. The van der Waals surface area contributed by atoms with Crippen molar-refractivity contribution < 1.29 is 9.90 Å². The van der Waals surface area contributed by atoms with Crippen LogP contribution in [0.2, 0.25) is 0 Å². The first-order chi connectivity index (χ1) is 7.65. The fraction of sp³-hybridized carbons (Fsp3) is 0.0909. The molecule has 82 valence electrons. The third kappa shape index (κ3) is 2.38. The maximum absolute atomic E-state index is 11.0. The molecule has 0 saturated heterocycles. The lowest BCUT2D eigenvalue weighted by atomic mass is 10.3. The maximum Gasteiger partial charge on any atom is 0.187 e. The molecule has 0 aliphatic rings. The van der Waals surface area contributed by atoms with Crippen molar-refractivity contribution in [1.29, 1.82) is 0 Å². The maximum atomic E-state index is 11.0. The van der Waals surface area contributed by atoms with Crippen molar-refractivity contribution in [2.75, 3.05) is 5.32 Å². The minimum atomic E-state index is -0.0463. The molecule has 2 N–H and O–H groups in total. The van der Waals surface area contributed by atoms with Gasteiger partial charge in [-0.2, -0.15) is 0 Å². The normalized spacial score (nSPS) is 10.1. The van der Waals surface area contributed by atoms with E-state index < -0.39 is 0 Å². The van der Waals surface area contributed by atoms with Crippen LogP contribution in [0.1, 0.15) is 17.4 Å². The van der Waals surface area contributed by atoms with Crippen molar-refractivity contribution >= 4 is 27.9 Å². The van der Waals surface area contributed by atoms with E-state index >= 15 is 0 Å². The number of hydrogen-bond donors (Lipinski definition) is 2. The summed E-state index contributed by atoms with van der Waals surface area (Å²) in [5.41, 5.74) is 1.29. The predicted molar refractivity (Wildman–Crippen MR) is 63.5 cm³/mol. The summed E-state index contributed by atoms with van der Waals surface area (Å²) in [6, 6.07) is 6.65. The lowest BCUT2D eigenvalue weighted by Crippen LogP contribution is -1.93. The summed E-state index contributed by atoms with van der Waals surface area (Å²) in [5, 5.41) is 14.5. The number of carbonyl (C=O) groups excluding carboxylic acids is 1. The van der Waals surface area contributed by atoms with Gasteiger partial charge in [0.1, 0.15) is 11.4 Å². The third-order valence-corrected chi connectivity index (χ3v) is 2.74. The standard InChI is InChI=1S/C11H10N2O2S/c1-7(14)10-6-16-11(13-10)12-8-2-4-9(15)5-3-8/h2-6,15H,1H3,(H,12,13). The van der Waals surface area contributed by atoms with Crippen molar-refractivity contribution in [2.24, 2.45) is 0 Å². The SMILES string of the molecule is CC(=O)c1csc(Nc2ccc(O)cc2)n1. The lowest BCUT2D eigenvalue weighted by molar-refractivity contribution is 0.101. The van der Waals surface area contributed by atoms with Crippen molar-refractivity contribution in [3.05, 3.63) is 35.3 Å². The Hall–Kier alpha value is -1.88. The van der Waals surface area contributed by atoms with E-state index in [0.29, 0.717) is 10.8 Å². The molecule has 0 atom stereocenters. The minimum Gasteiger partial charge on any atom is -0.508 e. The lowest BCUT2D eigenvalue weighted by Gasteiger charge is -2.01. The highest BCUT2D eigenvalue weighted by Crippen LogP contribution is 2.22. The van der Waals surface area contributed by atoms with Gasteiger partial charge in [0.2, 0.25) is 0 Å². The Morgan fingerprint density at radius 2 is 2.06 bits per heavy atom. The van der Waals surface area contributed by atoms with E-state index in [1.165, 1.54) is 18.3 Å². The van der Waals surface area contributed by atoms with Gasteiger partial charge in [-0.05, 0) is 24.3 Å². The van der Waals surface area contributed by atoms with Crippen LogP contribution < -0.4 is 5.32 Å². The molecular weight excluding hydrogens is 224 g/mol. The molecule has 0 aliphatic heterocycles. The fourth-order valence-corrected chi connectivity index (χ4v) is 1.93. The number of rotatable bonds is 3. The van der Waals surface area contributed by atoms with Crippen molar-refractivity contribution in [3.63, 3.8) is 0 Å². The number of nitrogens with one attached hydrogen (secondary N) is 1. The van der Waals surface area contributed by atoms with Crippen LogP contribution in [0.15, 0.2) is 29.6 Å². The topological polar surface area (TPSA) is 62.2 Å². The zero-order chi connectivity index (χ0) is 11.5. The largest absolute Gasteiger partial charge is 0.508 e. The Morgan fingerprint density at radius 3 is 2.62 bits per heavy atom. The first kappa shape index (κ1) is 10.6. The number of aromatic nitrogens is 1. The van der Waals surface area contributed by atoms with E-state index in [2.05, 4.69) is 10.3 Å². The van der Waals surface area contributed by atoms with Gasteiger partial charge in [-0.3, -0.25) is 4.79 Å². The molecule has 0 spiro atoms. The molecule has 2 rings (SSSR count). The summed E-state index contributed by atoms with van der Waals surface area (Å²) in [4.78, 5) is 15.2. The molecular formula is C11H10N2O2S. The summed E-state index contributed by atoms with van der Waals surface area (Å²) in [5.74, 6) is 0.170. The van der Waals surface area contributed by atoms with Crippen LogP contribution in [0.4, 0.5) is 10.8 Å². The highest BCUT2D eigenvalue weighted by atomic mass is 32.1. The Kier molecular flexibility index (Phi) is 2.87. The molecule has 0 bridgehead atoms. The molecule has 1 aromatic carbocycles. The van der Waals surface area contributed by atoms with Gasteiger partial charge >= 0.3 is 0 Å². The minimum absolute atomic E-state index is 0.0463. The van der Waals surface area contributed by atoms with Crippen LogP contribution in [0.25, 0.3) is 0 Å². The van der Waals surface area contributed by atoms with Crippen LogP contribution in [-0.2, 0) is 0 Å². The average Bonchev–Trinajstić information content (AvgIpc) is 2.70. The molecule has 0 aliphatic carbocycles. The van der Waals surface area contributed by atoms with Gasteiger partial charge < -0.3 is 10.4 Å². The van der Waals surface area contributed by atoms with Gasteiger partial charge in [0.05, 0.1) is 0 Å². The van der Waals surface area contributed by atoms with Crippen LogP contribution in [0.3, 0.4) is 0 Å². The van der Waals surface area contributed by atoms with Crippen LogP contribution in [0.5, 0.6) is 5.75 Å². The summed E-state index contributed by atoms with van der Waals surface area (Å²) in [6.07, 6.45) is 0. The number of thiazole rings is 1. The van der Waals surface area contributed by atoms with Gasteiger partial charge in [0.15, 0.2) is 10.9 Å². The van der Waals surface area contributed by atoms with Crippen LogP contribution in [-0.4, -0.2) is 15.9 Å². The third-order valence-electron chi connectivity index (χ3n) is 1.98. The van der Waals surface area contributed by atoms with E-state index in [9.17, 15) is 4.79 Å². The zero-order valence-electron chi connectivity index (χ0n) is 8.60. The van der Waals surface area contributed by atoms with Crippen LogP contribution >= 0.6 is 11.3 Å². The summed E-state index contributed by atoms with van der Waals surface area (Å²) < 4.78 is 0. The molecule has 0 fully saturated rings. The van der Waals surface area contributed by atoms with E-state index in [0.717, 1.165) is 5.69 Å². The fourth-order valence-electron chi connectivity index (χ4n) is 1.16. The Labute approximate surface area is 96.6 Å². The number of benzene rings is 1. The molecule has 16 heavy (non-hydrogen) atoms. The van der Waals surface area contributed by atoms with Gasteiger partial charge in [-0.25, -0.2) is 4.98 Å². The first-order valence-electron chi connectivity index (χ1n) is 4.67. The van der Waals surface area contributed by atoms with Crippen molar-refractivity contribution in [2.45, 2.75) is 6.92 Å². The van der Waals surface area contributed by atoms with Gasteiger partial charge in [0.25, 0.3) is 0 Å². The molecule has 0 amide bonds. The highest BCUT2D eigenvalue weighted by Gasteiger charge is 2.05. The molecule has 4 nitrogen and oxygen atoms in total. The van der Waals surface area contributed by atoms with Crippen LogP contribution in [0, 0.1) is 0 Å². The van der Waals surface area contributed by atoms with E-state index in [-0.39, 0.29) is 11.5 Å². The molecule has 1 aromatic heterocycles. The van der Waals surface area contributed by atoms with Gasteiger partial charge in [-0.15, -0.1) is 11.3 Å². The number of carbonyl (C=O) groups is 1. The summed E-state index contributed by atoms with van der Waals surface area (Å²) >= 11 is 1.37. The number of phenolic OH excluding ortho intramolecular Hbond substituents is 1. The van der Waals surface area contributed by atoms with Gasteiger partial charge in [-0.1, -0.05) is 0 Å². The number of phenols is 1. The van der Waals surface area contributed by atoms with Gasteiger partial charge in [0, 0.05) is 18.0 Å². The smallest absolute Gasteiger partial charge is 0.187 e. The average molecular weight is 234 g/mol. The number of nitrogens with zero attached hydrogens (tertiary/aromatic N) is 1. The second-order valence-corrected chi connectivity index (χ2v) is 4.12. The molecule has 1 heterocycles. The summed E-state index contributed by atoms with van der Waals surface area (Å²) in [6.45, 7) is 1.49. The number of aromatic hydroxyl groups is 1. The Balaban J connectivity index is 2.14. The highest BCUT2D eigenvalue weighted by molar-refractivity contribution is 7.14. The summed E-state index contributed by atoms with van der Waals surface area (Å²) in [7, 11) is 0. The number of hydrogen-bond acceptors (Lipinski definition) is 5. The molecule has 0 saturated carbocycles. The van der Waals surface area contributed by atoms with E-state index in [4.69, 9.17) is 5.11 Å². The second-order valence-electron chi connectivity index (χ2n) is 3.27. The molecule has 5 heteroatoms. The predicted octanol–water partition coefficient (Wildman–Crippen LogP) is 2.79. The molecule has 0 unspecified atom stereocenters. The number of ketones is 1. The van der Waals surface area contributed by atoms with Crippen molar-refractivity contribution in [1.82, 2.24) is 4.98 Å². The number of Topliss-reactive ketones (excluding diaryl/α,β-unsaturated/α-hetero) is 1. The molecule has 2 aromatic rings. The Bertz CT molecular complexity index is 505. The van der Waals surface area contributed by atoms with Crippen molar-refractivity contribution in [3.8, 4) is 5.75 Å². The molecule has 0 radical (unpaired) electrons. The number of anilines is 2. The first-order valence-corrected chi connectivity index (χ1v) is 5.55. The zero-order valence-corrected chi connectivity index (χ0v) is 9.41. The van der Waals surface area contributed by atoms with E-state index in [1.54, 1.807) is 29.6 Å². The monoisotopic (exact) mass is 234 g/mol. The quantitative estimate of drug-likeness (QED) is 0.633. The Morgan fingerprint density at radius 1 is 1.38 bits per heavy atom. The van der Waals surface area contributed by atoms with E-state index in [1.807, 2.05) is 0 Å².